The van der Waals surface area contributed by atoms with Crippen LogP contribution in [0.3, 0.4) is 0 Å². The summed E-state index contributed by atoms with van der Waals surface area (Å²) in [6, 6.07) is 19.4. The lowest BCUT2D eigenvalue weighted by molar-refractivity contribution is 0.102. The van der Waals surface area contributed by atoms with Crippen LogP contribution in [-0.4, -0.2) is 15.3 Å². The van der Waals surface area contributed by atoms with Crippen LogP contribution in [0.2, 0.25) is 0 Å². The van der Waals surface area contributed by atoms with E-state index >= 15 is 0 Å². The van der Waals surface area contributed by atoms with Gasteiger partial charge in [-0.1, -0.05) is 67.6 Å². The number of nitrogens with zero attached hydrogens (tertiary/aromatic N) is 2. The largest absolute Gasteiger partial charge is 0.321 e. The minimum Gasteiger partial charge on any atom is -0.321 e. The molecule has 0 fully saturated rings. The van der Waals surface area contributed by atoms with E-state index in [4.69, 9.17) is 0 Å². The summed E-state index contributed by atoms with van der Waals surface area (Å²) in [6.45, 7) is 2.88. The molecule has 1 aromatic heterocycles. The van der Waals surface area contributed by atoms with E-state index in [1.165, 1.54) is 0 Å². The van der Waals surface area contributed by atoms with Crippen molar-refractivity contribution in [3.63, 3.8) is 0 Å². The van der Waals surface area contributed by atoms with E-state index in [2.05, 4.69) is 11.9 Å². The highest BCUT2D eigenvalue weighted by Crippen LogP contribution is 2.22. The molecule has 0 N–H and O–H groups in total. The fraction of sp³-hybridized carbons (Fsp3) is 0.158. The highest BCUT2D eigenvalue weighted by Gasteiger charge is 2.18. The first kappa shape index (κ1) is 14.3. The van der Waals surface area contributed by atoms with Crippen LogP contribution in [0.25, 0.3) is 11.3 Å². The maximum atomic E-state index is 12.7. The number of aromatic nitrogens is 2. The molecule has 3 nitrogen and oxygen atoms in total. The molecule has 0 saturated heterocycles. The summed E-state index contributed by atoms with van der Waals surface area (Å²) >= 11 is 0. The summed E-state index contributed by atoms with van der Waals surface area (Å²) in [4.78, 5) is 17.1. The molecule has 0 saturated carbocycles. The van der Waals surface area contributed by atoms with Crippen LogP contribution in [0.4, 0.5) is 0 Å². The first-order valence-electron chi connectivity index (χ1n) is 7.52. The molecule has 22 heavy (non-hydrogen) atoms. The Kier molecular flexibility index (Phi) is 4.15. The van der Waals surface area contributed by atoms with Gasteiger partial charge < -0.3 is 4.57 Å². The molecule has 3 heteroatoms. The summed E-state index contributed by atoms with van der Waals surface area (Å²) < 4.78 is 2.02. The second-order valence-corrected chi connectivity index (χ2v) is 5.18. The predicted molar refractivity (Wildman–Crippen MR) is 87.8 cm³/mol. The second-order valence-electron chi connectivity index (χ2n) is 5.18. The Labute approximate surface area is 130 Å². The van der Waals surface area contributed by atoms with E-state index in [9.17, 15) is 4.79 Å². The summed E-state index contributed by atoms with van der Waals surface area (Å²) in [6.07, 6.45) is 2.74. The molecule has 1 heterocycles. The third kappa shape index (κ3) is 2.70. The normalized spacial score (nSPS) is 10.6. The number of ketones is 1. The molecule has 0 aliphatic rings. The van der Waals surface area contributed by atoms with E-state index in [0.29, 0.717) is 11.4 Å². The lowest BCUT2D eigenvalue weighted by Crippen LogP contribution is -2.12. The van der Waals surface area contributed by atoms with Crippen LogP contribution in [0.15, 0.2) is 66.9 Å². The molecule has 0 atom stereocenters. The molecule has 0 radical (unpaired) electrons. The number of carbonyl (C=O) groups excluding carboxylic acids is 1. The van der Waals surface area contributed by atoms with Crippen molar-refractivity contribution < 1.29 is 4.79 Å². The molecule has 0 spiro atoms. The summed E-state index contributed by atoms with van der Waals surface area (Å²) in [5, 5.41) is 0. The molecule has 3 rings (SSSR count). The average molecular weight is 290 g/mol. The predicted octanol–water partition coefficient (Wildman–Crippen LogP) is 4.19. The third-order valence-corrected chi connectivity index (χ3v) is 3.61. The molecular formula is C19H18N2O. The third-order valence-electron chi connectivity index (χ3n) is 3.61. The van der Waals surface area contributed by atoms with Gasteiger partial charge in [-0.15, -0.1) is 0 Å². The zero-order valence-electron chi connectivity index (χ0n) is 12.6. The maximum Gasteiger partial charge on any atom is 0.228 e. The van der Waals surface area contributed by atoms with Crippen molar-refractivity contribution in [3.8, 4) is 11.3 Å². The Morgan fingerprint density at radius 3 is 2.27 bits per heavy atom. The molecule has 0 amide bonds. The molecule has 2 aromatic carbocycles. The zero-order valence-corrected chi connectivity index (χ0v) is 12.6. The smallest absolute Gasteiger partial charge is 0.228 e. The van der Waals surface area contributed by atoms with Crippen molar-refractivity contribution in [2.75, 3.05) is 0 Å². The van der Waals surface area contributed by atoms with E-state index < -0.39 is 0 Å². The highest BCUT2D eigenvalue weighted by molar-refractivity contribution is 6.07. The molecule has 0 aliphatic heterocycles. The van der Waals surface area contributed by atoms with Gasteiger partial charge in [0.1, 0.15) is 0 Å². The van der Waals surface area contributed by atoms with Crippen molar-refractivity contribution >= 4 is 5.78 Å². The van der Waals surface area contributed by atoms with Crippen molar-refractivity contribution in [3.05, 3.63) is 78.2 Å². The molecule has 3 aromatic rings. The molecule has 0 unspecified atom stereocenters. The SMILES string of the molecule is CCCn1c(-c2ccccc2)cnc1C(=O)c1ccccc1. The molecule has 0 bridgehead atoms. The average Bonchev–Trinajstić information content (AvgIpc) is 3.00. The van der Waals surface area contributed by atoms with Gasteiger partial charge in [0, 0.05) is 12.1 Å². The summed E-state index contributed by atoms with van der Waals surface area (Å²) in [5.41, 5.74) is 2.74. The minimum atomic E-state index is -0.0313. The Morgan fingerprint density at radius 1 is 1.00 bits per heavy atom. The van der Waals surface area contributed by atoms with Crippen LogP contribution in [-0.2, 0) is 6.54 Å². The summed E-state index contributed by atoms with van der Waals surface area (Å²) in [5.74, 6) is 0.475. The Balaban J connectivity index is 2.06. The first-order valence-corrected chi connectivity index (χ1v) is 7.52. The van der Waals surface area contributed by atoms with Gasteiger partial charge in [0.05, 0.1) is 11.9 Å². The standard InChI is InChI=1S/C19H18N2O/c1-2-13-21-17(15-9-5-3-6-10-15)14-20-19(21)18(22)16-11-7-4-8-12-16/h3-12,14H,2,13H2,1H3. The van der Waals surface area contributed by atoms with Crippen molar-refractivity contribution in [2.45, 2.75) is 19.9 Å². The first-order chi connectivity index (χ1) is 10.8. The van der Waals surface area contributed by atoms with Crippen molar-refractivity contribution in [1.29, 1.82) is 0 Å². The fourth-order valence-electron chi connectivity index (χ4n) is 2.56. The molecule has 110 valence electrons. The van der Waals surface area contributed by atoms with Gasteiger partial charge in [-0.3, -0.25) is 4.79 Å². The van der Waals surface area contributed by atoms with Gasteiger partial charge in [0.25, 0.3) is 0 Å². The Hall–Kier alpha value is -2.68. The van der Waals surface area contributed by atoms with Crippen LogP contribution in [0.5, 0.6) is 0 Å². The van der Waals surface area contributed by atoms with Crippen molar-refractivity contribution in [2.24, 2.45) is 0 Å². The van der Waals surface area contributed by atoms with Gasteiger partial charge >= 0.3 is 0 Å². The maximum absolute atomic E-state index is 12.7. The lowest BCUT2D eigenvalue weighted by Gasteiger charge is -2.10. The zero-order chi connectivity index (χ0) is 15.4. The lowest BCUT2D eigenvalue weighted by atomic mass is 10.1. The highest BCUT2D eigenvalue weighted by atomic mass is 16.1. The van der Waals surface area contributed by atoms with E-state index in [1.807, 2.05) is 65.2 Å². The number of rotatable bonds is 5. The van der Waals surface area contributed by atoms with E-state index in [-0.39, 0.29) is 5.78 Å². The fourth-order valence-corrected chi connectivity index (χ4v) is 2.56. The van der Waals surface area contributed by atoms with Gasteiger partial charge in [-0.05, 0) is 12.0 Å². The van der Waals surface area contributed by atoms with Crippen LogP contribution < -0.4 is 0 Å². The second kappa shape index (κ2) is 6.39. The van der Waals surface area contributed by atoms with Gasteiger partial charge in [0.2, 0.25) is 5.78 Å². The number of hydrogen-bond acceptors (Lipinski definition) is 2. The topological polar surface area (TPSA) is 34.9 Å². The molecule has 0 aliphatic carbocycles. The molecular weight excluding hydrogens is 272 g/mol. The van der Waals surface area contributed by atoms with E-state index in [0.717, 1.165) is 24.2 Å². The number of carbonyl (C=O) groups is 1. The summed E-state index contributed by atoms with van der Waals surface area (Å²) in [7, 11) is 0. The van der Waals surface area contributed by atoms with Crippen LogP contribution in [0, 0.1) is 0 Å². The van der Waals surface area contributed by atoms with Gasteiger partial charge in [0.15, 0.2) is 5.82 Å². The van der Waals surface area contributed by atoms with Gasteiger partial charge in [-0.25, -0.2) is 4.98 Å². The monoisotopic (exact) mass is 290 g/mol. The van der Waals surface area contributed by atoms with Gasteiger partial charge in [-0.2, -0.15) is 0 Å². The Morgan fingerprint density at radius 2 is 1.64 bits per heavy atom. The van der Waals surface area contributed by atoms with Crippen LogP contribution >= 0.6 is 0 Å². The number of hydrogen-bond donors (Lipinski definition) is 0. The number of imidazole rings is 1. The quantitative estimate of drug-likeness (QED) is 0.660. The van der Waals surface area contributed by atoms with E-state index in [1.54, 1.807) is 6.20 Å². The minimum absolute atomic E-state index is 0.0313. The van der Waals surface area contributed by atoms with Crippen LogP contribution in [0.1, 0.15) is 29.5 Å². The number of benzene rings is 2. The van der Waals surface area contributed by atoms with Crippen molar-refractivity contribution in [1.82, 2.24) is 9.55 Å². The Bertz CT molecular complexity index is 761.